The Bertz CT molecular complexity index is 981. The van der Waals surface area contributed by atoms with Crippen molar-refractivity contribution in [1.29, 1.82) is 0 Å². The number of halogens is 1. The first-order valence-electron chi connectivity index (χ1n) is 9.45. The summed E-state index contributed by atoms with van der Waals surface area (Å²) in [5.74, 6) is 0.495. The van der Waals surface area contributed by atoms with Crippen molar-refractivity contribution in [2.24, 2.45) is 0 Å². The molecule has 1 aliphatic heterocycles. The predicted octanol–water partition coefficient (Wildman–Crippen LogP) is 3.05. The van der Waals surface area contributed by atoms with E-state index in [1.807, 2.05) is 49.3 Å². The zero-order valence-corrected chi connectivity index (χ0v) is 16.0. The molecule has 0 bridgehead atoms. The molecule has 2 aromatic carbocycles. The minimum Gasteiger partial charge on any atom is -0.461 e. The Morgan fingerprint density at radius 3 is 2.71 bits per heavy atom. The monoisotopic (exact) mass is 381 g/mol. The highest BCUT2D eigenvalue weighted by atomic mass is 19.1. The van der Waals surface area contributed by atoms with Crippen LogP contribution in [0.1, 0.15) is 17.2 Å². The molecule has 3 aromatic rings. The third-order valence-corrected chi connectivity index (χ3v) is 5.24. The van der Waals surface area contributed by atoms with Gasteiger partial charge in [-0.2, -0.15) is 0 Å². The fraction of sp³-hybridized carbons (Fsp3) is 0.318. The van der Waals surface area contributed by atoms with Gasteiger partial charge in [-0.05, 0) is 42.0 Å². The number of rotatable bonds is 5. The van der Waals surface area contributed by atoms with Crippen LogP contribution in [0.5, 0.6) is 0 Å². The molecule has 4 rings (SSSR count). The number of nitrogens with zero attached hydrogens (tertiary/aromatic N) is 1. The van der Waals surface area contributed by atoms with E-state index in [9.17, 15) is 9.18 Å². The first-order valence-corrected chi connectivity index (χ1v) is 9.45. The number of nitrogens with one attached hydrogen (secondary N) is 2. The average molecular weight is 381 g/mol. The van der Waals surface area contributed by atoms with Crippen LogP contribution >= 0.6 is 0 Å². The maximum absolute atomic E-state index is 13.4. The average Bonchev–Trinajstić information content (AvgIpc) is 3.28. The number of hydrogen-bond acceptors (Lipinski definition) is 4. The molecule has 0 saturated carbocycles. The lowest BCUT2D eigenvalue weighted by Gasteiger charge is -2.18. The first kappa shape index (κ1) is 18.5. The van der Waals surface area contributed by atoms with Gasteiger partial charge in [0.15, 0.2) is 0 Å². The summed E-state index contributed by atoms with van der Waals surface area (Å²) >= 11 is 0. The lowest BCUT2D eigenvalue weighted by Crippen LogP contribution is -2.40. The molecular weight excluding hydrogens is 357 g/mol. The fourth-order valence-corrected chi connectivity index (χ4v) is 3.70. The smallest absolute Gasteiger partial charge is 0.224 e. The van der Waals surface area contributed by atoms with Gasteiger partial charge in [0.1, 0.15) is 17.2 Å². The van der Waals surface area contributed by atoms with Crippen molar-refractivity contribution in [3.8, 4) is 0 Å². The van der Waals surface area contributed by atoms with Gasteiger partial charge in [-0.3, -0.25) is 4.79 Å². The molecule has 1 saturated heterocycles. The van der Waals surface area contributed by atoms with Crippen molar-refractivity contribution in [1.82, 2.24) is 10.6 Å². The molecule has 2 atom stereocenters. The van der Waals surface area contributed by atoms with Crippen molar-refractivity contribution < 1.29 is 13.6 Å². The number of carbonyl (C=O) groups is 1. The highest BCUT2D eigenvalue weighted by Gasteiger charge is 2.32. The number of anilines is 1. The molecular formula is C22H24FN3O2. The minimum atomic E-state index is -0.283. The molecule has 5 nitrogen and oxygen atoms in total. The molecule has 146 valence electrons. The Balaban J connectivity index is 1.43. The van der Waals surface area contributed by atoms with Crippen LogP contribution in [0.2, 0.25) is 0 Å². The van der Waals surface area contributed by atoms with Gasteiger partial charge in [-0.1, -0.05) is 12.1 Å². The lowest BCUT2D eigenvalue weighted by molar-refractivity contribution is -0.121. The van der Waals surface area contributed by atoms with Gasteiger partial charge in [0.2, 0.25) is 5.91 Å². The third-order valence-electron chi connectivity index (χ3n) is 5.24. The predicted molar refractivity (Wildman–Crippen MR) is 108 cm³/mol. The van der Waals surface area contributed by atoms with Crippen molar-refractivity contribution in [2.45, 2.75) is 18.4 Å². The van der Waals surface area contributed by atoms with Gasteiger partial charge >= 0.3 is 0 Å². The number of hydrogen-bond donors (Lipinski definition) is 2. The van der Waals surface area contributed by atoms with Crippen LogP contribution in [0.15, 0.2) is 52.9 Å². The van der Waals surface area contributed by atoms with Crippen LogP contribution in [-0.2, 0) is 11.2 Å². The van der Waals surface area contributed by atoms with Crippen LogP contribution in [0.3, 0.4) is 0 Å². The van der Waals surface area contributed by atoms with Crippen LogP contribution in [0.25, 0.3) is 11.0 Å². The van der Waals surface area contributed by atoms with E-state index in [-0.39, 0.29) is 23.7 Å². The molecule has 2 N–H and O–H groups in total. The zero-order valence-electron chi connectivity index (χ0n) is 16.0. The van der Waals surface area contributed by atoms with Gasteiger partial charge in [0.05, 0.1) is 18.4 Å². The van der Waals surface area contributed by atoms with Gasteiger partial charge < -0.3 is 20.0 Å². The Morgan fingerprint density at radius 2 is 1.96 bits per heavy atom. The summed E-state index contributed by atoms with van der Waals surface area (Å²) in [5.41, 5.74) is 2.74. The minimum absolute atomic E-state index is 0.0153. The van der Waals surface area contributed by atoms with Gasteiger partial charge in [-0.25, -0.2) is 4.39 Å². The molecule has 1 aromatic heterocycles. The lowest BCUT2D eigenvalue weighted by atomic mass is 10.00. The van der Waals surface area contributed by atoms with Crippen LogP contribution in [0, 0.1) is 5.82 Å². The number of fused-ring (bicyclic) bond motifs is 1. The Hall–Kier alpha value is -2.86. The van der Waals surface area contributed by atoms with E-state index in [1.54, 1.807) is 6.07 Å². The van der Waals surface area contributed by atoms with E-state index in [1.165, 1.54) is 12.1 Å². The number of carbonyl (C=O) groups excluding carboxylic acids is 1. The number of benzene rings is 2. The maximum Gasteiger partial charge on any atom is 0.224 e. The Kier molecular flexibility index (Phi) is 5.05. The van der Waals surface area contributed by atoms with E-state index in [0.717, 1.165) is 22.4 Å². The Morgan fingerprint density at radius 1 is 1.18 bits per heavy atom. The molecule has 2 unspecified atom stereocenters. The van der Waals surface area contributed by atoms with Crippen molar-refractivity contribution in [2.75, 3.05) is 32.1 Å². The molecule has 6 heteroatoms. The van der Waals surface area contributed by atoms with E-state index in [0.29, 0.717) is 25.1 Å². The maximum atomic E-state index is 13.4. The molecule has 0 spiro atoms. The molecule has 1 amide bonds. The molecule has 1 fully saturated rings. The third kappa shape index (κ3) is 3.87. The highest BCUT2D eigenvalue weighted by molar-refractivity contribution is 5.80. The molecule has 28 heavy (non-hydrogen) atoms. The zero-order chi connectivity index (χ0) is 19.7. The van der Waals surface area contributed by atoms with E-state index < -0.39 is 0 Å². The number of furan rings is 1. The molecule has 1 aliphatic rings. The summed E-state index contributed by atoms with van der Waals surface area (Å²) in [5, 5.41) is 7.18. The van der Waals surface area contributed by atoms with Crippen molar-refractivity contribution in [3.05, 3.63) is 65.7 Å². The highest BCUT2D eigenvalue weighted by Crippen LogP contribution is 2.29. The number of amides is 1. The van der Waals surface area contributed by atoms with E-state index in [2.05, 4.69) is 10.6 Å². The second-order valence-corrected chi connectivity index (χ2v) is 7.51. The second-order valence-electron chi connectivity index (χ2n) is 7.51. The van der Waals surface area contributed by atoms with Crippen molar-refractivity contribution >= 4 is 22.6 Å². The molecule has 2 heterocycles. The molecule has 0 aliphatic carbocycles. The standard InChI is InChI=1S/C22H24FN3O2/c1-26(2)17-6-3-14(4-7-17)9-22(27)25-19-13-24-12-18(19)21-11-15-10-16(23)5-8-20(15)28-21/h3-8,10-11,18-19,24H,9,12-13H2,1-2H3,(H,25,27). The van der Waals surface area contributed by atoms with Crippen LogP contribution < -0.4 is 15.5 Å². The van der Waals surface area contributed by atoms with Crippen LogP contribution in [-0.4, -0.2) is 39.1 Å². The van der Waals surface area contributed by atoms with Crippen molar-refractivity contribution in [3.63, 3.8) is 0 Å². The Labute approximate surface area is 163 Å². The van der Waals surface area contributed by atoms with E-state index in [4.69, 9.17) is 4.42 Å². The van der Waals surface area contributed by atoms with Gasteiger partial charge in [0.25, 0.3) is 0 Å². The summed E-state index contributed by atoms with van der Waals surface area (Å²) in [7, 11) is 3.97. The van der Waals surface area contributed by atoms with Gasteiger partial charge in [-0.15, -0.1) is 0 Å². The topological polar surface area (TPSA) is 57.5 Å². The van der Waals surface area contributed by atoms with Crippen LogP contribution in [0.4, 0.5) is 10.1 Å². The van der Waals surface area contributed by atoms with Gasteiger partial charge in [0, 0.05) is 38.3 Å². The normalized spacial score (nSPS) is 19.1. The SMILES string of the molecule is CN(C)c1ccc(CC(=O)NC2CNCC2c2cc3cc(F)ccc3o2)cc1. The first-order chi connectivity index (χ1) is 13.5. The summed E-state index contributed by atoms with van der Waals surface area (Å²) in [6, 6.07) is 14.3. The summed E-state index contributed by atoms with van der Waals surface area (Å²) in [4.78, 5) is 14.6. The largest absolute Gasteiger partial charge is 0.461 e. The second kappa shape index (κ2) is 7.64. The van der Waals surface area contributed by atoms with E-state index >= 15 is 0 Å². The summed E-state index contributed by atoms with van der Waals surface area (Å²) in [6.45, 7) is 1.40. The molecule has 0 radical (unpaired) electrons. The summed E-state index contributed by atoms with van der Waals surface area (Å²) < 4.78 is 19.3. The summed E-state index contributed by atoms with van der Waals surface area (Å²) in [6.07, 6.45) is 0.336. The fourth-order valence-electron chi connectivity index (χ4n) is 3.70. The quantitative estimate of drug-likeness (QED) is 0.713.